The number of aromatic nitrogens is 4. The predicted octanol–water partition coefficient (Wildman–Crippen LogP) is 4.96. The molecule has 5 aromatic rings. The summed E-state index contributed by atoms with van der Waals surface area (Å²) >= 11 is 0. The molecule has 4 heteroatoms. The van der Waals surface area contributed by atoms with Crippen LogP contribution in [-0.2, 0) is 12.6 Å². The first-order valence-electron chi connectivity index (χ1n) is 11.5. The van der Waals surface area contributed by atoms with Crippen molar-refractivity contribution in [3.63, 3.8) is 0 Å². The largest absolute Gasteiger partial charge is 0.299 e. The van der Waals surface area contributed by atoms with E-state index in [2.05, 4.69) is 47.9 Å². The van der Waals surface area contributed by atoms with Crippen molar-refractivity contribution in [2.24, 2.45) is 7.05 Å². The lowest BCUT2D eigenvalue weighted by atomic mass is 9.81. The number of fused-ring (bicyclic) bond motifs is 7. The van der Waals surface area contributed by atoms with Crippen molar-refractivity contribution in [1.29, 1.82) is 0 Å². The lowest BCUT2D eigenvalue weighted by Gasteiger charge is -2.35. The van der Waals surface area contributed by atoms with Crippen LogP contribution in [0.4, 0.5) is 0 Å². The highest BCUT2D eigenvalue weighted by molar-refractivity contribution is 6.01. The van der Waals surface area contributed by atoms with Gasteiger partial charge in [0, 0.05) is 9.68 Å². The molecule has 0 saturated heterocycles. The van der Waals surface area contributed by atoms with E-state index in [9.17, 15) is 0 Å². The first-order valence-corrected chi connectivity index (χ1v) is 9.99. The fourth-order valence-electron chi connectivity index (χ4n) is 5.42. The Balaban J connectivity index is 1.90. The second-order valence-corrected chi connectivity index (χ2v) is 8.76. The Morgan fingerprint density at radius 1 is 1.03 bits per heavy atom. The summed E-state index contributed by atoms with van der Waals surface area (Å²) in [4.78, 5) is 5.03. The van der Waals surface area contributed by atoms with E-state index < -0.39 is 12.4 Å². The molecule has 0 saturated carbocycles. The van der Waals surface area contributed by atoms with Crippen molar-refractivity contribution < 1.29 is 8.68 Å². The third-order valence-corrected chi connectivity index (χ3v) is 6.67. The van der Waals surface area contributed by atoms with Gasteiger partial charge >= 0.3 is 0 Å². The van der Waals surface area contributed by atoms with Crippen LogP contribution in [0.1, 0.15) is 40.2 Å². The fraction of sp³-hybridized carbons (Fsp3) is 0.280. The van der Waals surface area contributed by atoms with Gasteiger partial charge in [-0.1, -0.05) is 18.2 Å². The standard InChI is InChI=1S/C25H25N4/c1-14-11-12-19-22-20(14)23-21(16(3)15(2)13-27(23)6)25(4,5)29(22)24-26-17-9-7-8-10-18(17)28(19)24/h7-13H,1-6H3/q+1/i2D3. The van der Waals surface area contributed by atoms with E-state index in [4.69, 9.17) is 9.10 Å². The molecular weight excluding hydrogens is 356 g/mol. The van der Waals surface area contributed by atoms with E-state index in [1.54, 1.807) is 6.20 Å². The highest BCUT2D eigenvalue weighted by Crippen LogP contribution is 2.48. The molecule has 4 heterocycles. The number of para-hydroxylation sites is 2. The number of imidazole rings is 2. The van der Waals surface area contributed by atoms with E-state index in [1.807, 2.05) is 36.7 Å². The van der Waals surface area contributed by atoms with Crippen LogP contribution in [0, 0.1) is 20.7 Å². The number of aryl methyl sites for hydroxylation is 3. The second-order valence-electron chi connectivity index (χ2n) is 8.76. The van der Waals surface area contributed by atoms with Crippen LogP contribution in [0.3, 0.4) is 0 Å². The lowest BCUT2D eigenvalue weighted by molar-refractivity contribution is -0.661. The molecule has 0 bridgehead atoms. The maximum atomic E-state index is 8.13. The van der Waals surface area contributed by atoms with Gasteiger partial charge in [0.05, 0.1) is 38.7 Å². The van der Waals surface area contributed by atoms with E-state index in [1.165, 1.54) is 0 Å². The molecule has 0 radical (unpaired) electrons. The van der Waals surface area contributed by atoms with Crippen molar-refractivity contribution in [2.45, 2.75) is 40.1 Å². The van der Waals surface area contributed by atoms with Crippen molar-refractivity contribution in [3.05, 3.63) is 64.8 Å². The van der Waals surface area contributed by atoms with Gasteiger partial charge in [-0.15, -0.1) is 0 Å². The highest BCUT2D eigenvalue weighted by atomic mass is 15.2. The summed E-state index contributed by atoms with van der Waals surface area (Å²) in [5.74, 6) is 0.880. The molecular formula is C25H25N4+. The van der Waals surface area contributed by atoms with Crippen molar-refractivity contribution in [3.8, 4) is 11.3 Å². The number of pyridine rings is 1. The summed E-state index contributed by atoms with van der Waals surface area (Å²) < 4.78 is 30.9. The summed E-state index contributed by atoms with van der Waals surface area (Å²) in [6.07, 6.45) is 1.79. The number of hydrogen-bond donors (Lipinski definition) is 0. The van der Waals surface area contributed by atoms with Crippen LogP contribution in [0.25, 0.3) is 39.1 Å². The van der Waals surface area contributed by atoms with Gasteiger partial charge in [-0.05, 0) is 63.9 Å². The average molecular weight is 385 g/mol. The third-order valence-electron chi connectivity index (χ3n) is 6.67. The fourth-order valence-corrected chi connectivity index (χ4v) is 5.42. The molecule has 0 fully saturated rings. The van der Waals surface area contributed by atoms with Crippen molar-refractivity contribution in [1.82, 2.24) is 14.0 Å². The predicted molar refractivity (Wildman–Crippen MR) is 117 cm³/mol. The van der Waals surface area contributed by atoms with Gasteiger partial charge in [0.25, 0.3) is 0 Å². The summed E-state index contributed by atoms with van der Waals surface area (Å²) in [5, 5.41) is 0. The number of hydrogen-bond acceptors (Lipinski definition) is 1. The number of rotatable bonds is 0. The molecule has 0 amide bonds. The maximum Gasteiger partial charge on any atom is 0.220 e. The van der Waals surface area contributed by atoms with Crippen LogP contribution in [-0.4, -0.2) is 14.0 Å². The molecule has 0 N–H and O–H groups in total. The molecule has 29 heavy (non-hydrogen) atoms. The smallest absolute Gasteiger partial charge is 0.220 e. The van der Waals surface area contributed by atoms with Gasteiger partial charge in [0.1, 0.15) is 7.05 Å². The minimum absolute atomic E-state index is 0.400. The molecule has 1 aliphatic rings. The van der Waals surface area contributed by atoms with Gasteiger partial charge in [-0.2, -0.15) is 0 Å². The van der Waals surface area contributed by atoms with Crippen molar-refractivity contribution in [2.75, 3.05) is 0 Å². The Labute approximate surface area is 174 Å². The lowest BCUT2D eigenvalue weighted by Crippen LogP contribution is -2.41. The molecule has 0 unspecified atom stereocenters. The van der Waals surface area contributed by atoms with Crippen LogP contribution in [0.5, 0.6) is 0 Å². The van der Waals surface area contributed by atoms with Gasteiger partial charge < -0.3 is 0 Å². The quantitative estimate of drug-likeness (QED) is 0.347. The van der Waals surface area contributed by atoms with Crippen LogP contribution in [0.15, 0.2) is 42.6 Å². The summed E-state index contributed by atoms with van der Waals surface area (Å²) in [5.41, 5.74) is 9.46. The van der Waals surface area contributed by atoms with E-state index >= 15 is 0 Å². The van der Waals surface area contributed by atoms with Crippen molar-refractivity contribution >= 4 is 27.8 Å². The maximum absolute atomic E-state index is 8.13. The first-order chi connectivity index (χ1) is 15.0. The molecule has 0 spiro atoms. The Morgan fingerprint density at radius 3 is 2.62 bits per heavy atom. The first kappa shape index (κ1) is 13.9. The molecule has 0 atom stereocenters. The molecule has 0 aliphatic carbocycles. The minimum Gasteiger partial charge on any atom is -0.299 e. The van der Waals surface area contributed by atoms with Crippen LogP contribution >= 0.6 is 0 Å². The molecule has 1 aliphatic heterocycles. The summed E-state index contributed by atoms with van der Waals surface area (Å²) in [6.45, 7) is 6.24. The Bertz CT molecular complexity index is 1620. The number of nitrogens with zero attached hydrogens (tertiary/aromatic N) is 4. The summed E-state index contributed by atoms with van der Waals surface area (Å²) in [6, 6.07) is 12.5. The highest BCUT2D eigenvalue weighted by Gasteiger charge is 2.42. The Morgan fingerprint density at radius 2 is 1.83 bits per heavy atom. The molecule has 2 aromatic carbocycles. The van der Waals surface area contributed by atoms with Crippen LogP contribution in [0.2, 0.25) is 0 Å². The SMILES string of the molecule is [2H]C([2H])([2H])c1c[n+](C)c2c(c1C)C(C)(C)n1c3c-2c(C)ccc3n2c3ccccc3nc12. The van der Waals surface area contributed by atoms with Gasteiger partial charge in [-0.25, -0.2) is 9.55 Å². The zero-order valence-corrected chi connectivity index (χ0v) is 17.3. The Hall–Kier alpha value is -3.14. The van der Waals surface area contributed by atoms with Gasteiger partial charge in [-0.3, -0.25) is 8.97 Å². The monoisotopic (exact) mass is 384 g/mol. The molecule has 3 aromatic heterocycles. The van der Waals surface area contributed by atoms with Gasteiger partial charge in [0.15, 0.2) is 6.20 Å². The zero-order valence-electron chi connectivity index (χ0n) is 20.3. The molecule has 4 nitrogen and oxygen atoms in total. The van der Waals surface area contributed by atoms with Crippen LogP contribution < -0.4 is 4.57 Å². The summed E-state index contributed by atoms with van der Waals surface area (Å²) in [7, 11) is 1.96. The third kappa shape index (κ3) is 1.80. The number of benzene rings is 2. The minimum atomic E-state index is -2.18. The normalized spacial score (nSPS) is 16.8. The Kier molecular flexibility index (Phi) is 2.43. The molecule has 6 rings (SSSR count). The topological polar surface area (TPSA) is 26.1 Å². The van der Waals surface area contributed by atoms with E-state index in [0.29, 0.717) is 5.56 Å². The second kappa shape index (κ2) is 5.07. The van der Waals surface area contributed by atoms with E-state index in [0.717, 1.165) is 55.8 Å². The average Bonchev–Trinajstić information content (AvgIpc) is 3.23. The van der Waals surface area contributed by atoms with Gasteiger partial charge in [0.2, 0.25) is 11.5 Å². The zero-order chi connectivity index (χ0) is 22.7. The molecule has 144 valence electrons. The van der Waals surface area contributed by atoms with E-state index in [-0.39, 0.29) is 0 Å².